The summed E-state index contributed by atoms with van der Waals surface area (Å²) in [5, 5.41) is 1.10. The first kappa shape index (κ1) is 12.3. The minimum Gasteiger partial charge on any atom is -0.267 e. The fraction of sp³-hybridized carbons (Fsp3) is 0.167. The highest BCUT2D eigenvalue weighted by Gasteiger charge is 2.41. The van der Waals surface area contributed by atoms with E-state index in [1.807, 2.05) is 48.9 Å². The molecule has 0 saturated carbocycles. The highest BCUT2D eigenvalue weighted by atomic mass is 32.3. The third kappa shape index (κ3) is 2.01. The normalized spacial score (nSPS) is 23.2. The van der Waals surface area contributed by atoms with Crippen LogP contribution >= 0.6 is 22.2 Å². The van der Waals surface area contributed by atoms with E-state index in [1.54, 1.807) is 0 Å². The molecular formula is C12H14N2OS2. The molecule has 0 unspecified atom stereocenters. The van der Waals surface area contributed by atoms with Crippen molar-refractivity contribution >= 4 is 38.5 Å². The Kier molecular flexibility index (Phi) is 3.07. The van der Waals surface area contributed by atoms with Crippen molar-refractivity contribution in [3.63, 3.8) is 0 Å². The molecule has 1 aliphatic rings. The number of nitrogens with zero attached hydrogens (tertiary/aromatic N) is 1. The lowest BCUT2D eigenvalue weighted by molar-refractivity contribution is -0.122. The monoisotopic (exact) mass is 266 g/mol. The average molecular weight is 266 g/mol. The first-order chi connectivity index (χ1) is 7.94. The Morgan fingerprint density at radius 3 is 2.35 bits per heavy atom. The predicted octanol–water partition coefficient (Wildman–Crippen LogP) is 2.09. The van der Waals surface area contributed by atoms with Crippen LogP contribution in [-0.2, 0) is 4.79 Å². The topological polar surface area (TPSA) is 46.3 Å². The van der Waals surface area contributed by atoms with E-state index in [9.17, 15) is 4.79 Å². The Morgan fingerprint density at radius 1 is 1.29 bits per heavy atom. The zero-order chi connectivity index (χ0) is 12.6. The minimum atomic E-state index is -1.42. The van der Waals surface area contributed by atoms with Crippen LogP contribution in [0.1, 0.15) is 5.56 Å². The van der Waals surface area contributed by atoms with Crippen molar-refractivity contribution in [3.8, 4) is 0 Å². The van der Waals surface area contributed by atoms with E-state index in [0.29, 0.717) is 4.32 Å². The van der Waals surface area contributed by atoms with Gasteiger partial charge in [0.1, 0.15) is 4.32 Å². The van der Waals surface area contributed by atoms with E-state index in [4.69, 9.17) is 18.1 Å². The minimum absolute atomic E-state index is 0.182. The first-order valence-corrected chi connectivity index (χ1v) is 7.93. The molecule has 0 bridgehead atoms. The number of thiocarbonyl (C=S) groups is 1. The van der Waals surface area contributed by atoms with Crippen LogP contribution < -0.4 is 5.84 Å². The Morgan fingerprint density at radius 2 is 1.88 bits per heavy atom. The van der Waals surface area contributed by atoms with Gasteiger partial charge in [-0.2, -0.15) is 10.0 Å². The Balaban J connectivity index is 2.49. The number of rotatable bonds is 1. The van der Waals surface area contributed by atoms with Crippen molar-refractivity contribution in [2.45, 2.75) is 0 Å². The molecule has 0 radical (unpaired) electrons. The second-order valence-electron chi connectivity index (χ2n) is 4.19. The van der Waals surface area contributed by atoms with E-state index in [1.165, 1.54) is 0 Å². The van der Waals surface area contributed by atoms with Crippen LogP contribution in [0, 0.1) is 0 Å². The first-order valence-electron chi connectivity index (χ1n) is 5.08. The van der Waals surface area contributed by atoms with E-state index < -0.39 is 10.0 Å². The second kappa shape index (κ2) is 4.25. The molecule has 1 fully saturated rings. The van der Waals surface area contributed by atoms with Gasteiger partial charge >= 0.3 is 0 Å². The molecule has 0 aromatic heterocycles. The molecule has 3 nitrogen and oxygen atoms in total. The molecule has 0 spiro atoms. The van der Waals surface area contributed by atoms with Gasteiger partial charge in [-0.1, -0.05) is 42.5 Å². The summed E-state index contributed by atoms with van der Waals surface area (Å²) in [6, 6.07) is 9.73. The van der Waals surface area contributed by atoms with Gasteiger partial charge in [-0.25, -0.2) is 10.9 Å². The highest BCUT2D eigenvalue weighted by Crippen LogP contribution is 2.56. The van der Waals surface area contributed by atoms with Crippen molar-refractivity contribution in [3.05, 3.63) is 40.8 Å². The molecule has 1 amide bonds. The molecule has 0 atom stereocenters. The third-order valence-electron chi connectivity index (χ3n) is 2.71. The standard InChI is InChI=1S/C12H14N2OS2/c1-17(2)10(11(15)14(13)12(17)16)8-9-6-4-3-5-7-9/h3-8H,13H2,1-2H3. The molecule has 1 heterocycles. The number of amides is 1. The van der Waals surface area contributed by atoms with E-state index >= 15 is 0 Å². The van der Waals surface area contributed by atoms with E-state index in [0.717, 1.165) is 15.5 Å². The zero-order valence-corrected chi connectivity index (χ0v) is 11.3. The number of carbonyl (C=O) groups excluding carboxylic acids is 1. The molecule has 1 saturated heterocycles. The lowest BCUT2D eigenvalue weighted by Crippen LogP contribution is -2.35. The number of hydrogen-bond acceptors (Lipinski definition) is 3. The maximum Gasteiger partial charge on any atom is 0.278 e. The number of nitrogens with two attached hydrogens (primary N) is 1. The van der Waals surface area contributed by atoms with Gasteiger partial charge in [-0.05, 0) is 24.2 Å². The molecule has 1 aliphatic heterocycles. The lowest BCUT2D eigenvalue weighted by Gasteiger charge is -2.24. The van der Waals surface area contributed by atoms with Gasteiger partial charge in [0.2, 0.25) is 0 Å². The van der Waals surface area contributed by atoms with E-state index in [2.05, 4.69) is 0 Å². The summed E-state index contributed by atoms with van der Waals surface area (Å²) in [6.07, 6.45) is 5.88. The van der Waals surface area contributed by atoms with Gasteiger partial charge in [0.25, 0.3) is 5.91 Å². The number of carbonyl (C=O) groups is 1. The number of hydrogen-bond donors (Lipinski definition) is 1. The molecule has 17 heavy (non-hydrogen) atoms. The number of benzene rings is 1. The van der Waals surface area contributed by atoms with Crippen LogP contribution in [0.25, 0.3) is 6.08 Å². The van der Waals surface area contributed by atoms with Gasteiger partial charge in [-0.15, -0.1) is 0 Å². The van der Waals surface area contributed by atoms with Crippen LogP contribution in [0.3, 0.4) is 0 Å². The van der Waals surface area contributed by atoms with Crippen LogP contribution in [0.15, 0.2) is 35.2 Å². The molecule has 2 rings (SSSR count). The maximum atomic E-state index is 12.0. The van der Waals surface area contributed by atoms with Crippen molar-refractivity contribution in [1.82, 2.24) is 5.01 Å². The number of hydrazine groups is 1. The van der Waals surface area contributed by atoms with Gasteiger partial charge in [0.15, 0.2) is 0 Å². The van der Waals surface area contributed by atoms with Gasteiger partial charge < -0.3 is 0 Å². The molecule has 2 N–H and O–H groups in total. The van der Waals surface area contributed by atoms with Gasteiger partial charge in [-0.3, -0.25) is 4.79 Å². The molecule has 90 valence electrons. The third-order valence-corrected chi connectivity index (χ3v) is 6.62. The Hall–Kier alpha value is -1.17. The maximum absolute atomic E-state index is 12.0. The summed E-state index contributed by atoms with van der Waals surface area (Å²) >= 11 is 5.22. The Bertz CT molecular complexity index is 508. The van der Waals surface area contributed by atoms with Gasteiger partial charge in [0.05, 0.1) is 4.91 Å². The van der Waals surface area contributed by atoms with Crippen LogP contribution in [0.2, 0.25) is 0 Å². The highest BCUT2D eigenvalue weighted by molar-refractivity contribution is 8.52. The summed E-state index contributed by atoms with van der Waals surface area (Å²) in [4.78, 5) is 12.7. The predicted molar refractivity (Wildman–Crippen MR) is 77.5 cm³/mol. The summed E-state index contributed by atoms with van der Waals surface area (Å²) in [7, 11) is -1.42. The smallest absolute Gasteiger partial charge is 0.267 e. The summed E-state index contributed by atoms with van der Waals surface area (Å²) in [6.45, 7) is 0. The zero-order valence-electron chi connectivity index (χ0n) is 9.71. The largest absolute Gasteiger partial charge is 0.278 e. The SMILES string of the molecule is CS1(C)C(=S)N(N)C(=O)C1=Cc1ccccc1. The quantitative estimate of drug-likeness (QED) is 0.366. The molecule has 5 heteroatoms. The summed E-state index contributed by atoms with van der Waals surface area (Å²) in [5.41, 5.74) is 0.995. The fourth-order valence-electron chi connectivity index (χ4n) is 1.67. The van der Waals surface area contributed by atoms with Crippen LogP contribution in [-0.4, -0.2) is 27.7 Å². The fourth-order valence-corrected chi connectivity index (χ4v) is 3.75. The molecule has 1 aromatic rings. The molecular weight excluding hydrogens is 252 g/mol. The Labute approximate surface area is 108 Å². The van der Waals surface area contributed by atoms with Gasteiger partial charge in [0, 0.05) is 0 Å². The van der Waals surface area contributed by atoms with Crippen LogP contribution in [0.5, 0.6) is 0 Å². The van der Waals surface area contributed by atoms with E-state index in [-0.39, 0.29) is 5.91 Å². The summed E-state index contributed by atoms with van der Waals surface area (Å²) < 4.78 is 0.546. The van der Waals surface area contributed by atoms with Crippen molar-refractivity contribution in [2.75, 3.05) is 12.5 Å². The van der Waals surface area contributed by atoms with Crippen LogP contribution in [0.4, 0.5) is 0 Å². The summed E-state index contributed by atoms with van der Waals surface area (Å²) in [5.74, 6) is 5.48. The van der Waals surface area contributed by atoms with Crippen molar-refractivity contribution in [2.24, 2.45) is 5.84 Å². The average Bonchev–Trinajstić information content (AvgIpc) is 2.46. The second-order valence-corrected chi connectivity index (χ2v) is 8.31. The lowest BCUT2D eigenvalue weighted by atomic mass is 10.2. The van der Waals surface area contributed by atoms with Crippen molar-refractivity contribution in [1.29, 1.82) is 0 Å². The van der Waals surface area contributed by atoms with Crippen molar-refractivity contribution < 1.29 is 4.79 Å². The molecule has 1 aromatic carbocycles. The molecule has 0 aliphatic carbocycles.